The van der Waals surface area contributed by atoms with E-state index in [1.807, 2.05) is 59.5 Å². The summed E-state index contributed by atoms with van der Waals surface area (Å²) in [5.41, 5.74) is 2.76. The molecule has 4 aromatic rings. The first-order valence-corrected chi connectivity index (χ1v) is 16.4. The molecule has 0 saturated carbocycles. The largest absolute Gasteiger partial charge is 0.419 e. The van der Waals surface area contributed by atoms with Crippen molar-refractivity contribution in [2.45, 2.75) is 57.2 Å². The second-order valence-corrected chi connectivity index (χ2v) is 12.5. The van der Waals surface area contributed by atoms with Crippen LogP contribution in [0.3, 0.4) is 0 Å². The fourth-order valence-electron chi connectivity index (χ4n) is 6.69. The predicted octanol–water partition coefficient (Wildman–Crippen LogP) is 7.39. The number of pyridine rings is 1. The summed E-state index contributed by atoms with van der Waals surface area (Å²) in [7, 11) is 0. The van der Waals surface area contributed by atoms with Gasteiger partial charge in [-0.1, -0.05) is 91.0 Å². The number of aromatic nitrogens is 1. The fourth-order valence-corrected chi connectivity index (χ4v) is 6.69. The van der Waals surface area contributed by atoms with Crippen LogP contribution in [0.5, 0.6) is 0 Å². The summed E-state index contributed by atoms with van der Waals surface area (Å²) in [6.07, 6.45) is -1.17. The first kappa shape index (κ1) is 33.2. The van der Waals surface area contributed by atoms with E-state index >= 15 is 0 Å². The normalized spacial score (nSPS) is 22.3. The Labute approximate surface area is 275 Å². The Bertz CT molecular complexity index is 1460. The molecule has 2 aliphatic rings. The highest BCUT2D eigenvalue weighted by atomic mass is 19.4. The van der Waals surface area contributed by atoms with Gasteiger partial charge in [-0.15, -0.1) is 0 Å². The number of alkyl halides is 3. The van der Waals surface area contributed by atoms with Crippen LogP contribution in [0.15, 0.2) is 109 Å². The number of likely N-dealkylation sites (tertiary alicyclic amines) is 1. The second-order valence-electron chi connectivity index (χ2n) is 12.5. The minimum atomic E-state index is -4.45. The molecule has 9 heteroatoms. The average molecular weight is 646 g/mol. The maximum absolute atomic E-state index is 13.8. The van der Waals surface area contributed by atoms with Crippen molar-refractivity contribution in [2.24, 2.45) is 5.92 Å². The lowest BCUT2D eigenvalue weighted by Crippen LogP contribution is -2.59. The van der Waals surface area contributed by atoms with Gasteiger partial charge < -0.3 is 19.1 Å². The summed E-state index contributed by atoms with van der Waals surface area (Å²) >= 11 is 0. The van der Waals surface area contributed by atoms with E-state index in [2.05, 4.69) is 46.3 Å². The van der Waals surface area contributed by atoms with Crippen LogP contribution in [-0.4, -0.2) is 60.9 Å². The van der Waals surface area contributed by atoms with Crippen molar-refractivity contribution in [1.29, 1.82) is 0 Å². The third-order valence-electron chi connectivity index (χ3n) is 8.99. The smallest absolute Gasteiger partial charge is 0.371 e. The van der Waals surface area contributed by atoms with Gasteiger partial charge in [0.25, 0.3) is 0 Å². The lowest BCUT2D eigenvalue weighted by Gasteiger charge is -2.45. The van der Waals surface area contributed by atoms with Crippen molar-refractivity contribution in [3.63, 3.8) is 0 Å². The summed E-state index contributed by atoms with van der Waals surface area (Å²) in [6, 6.07) is 31.8. The van der Waals surface area contributed by atoms with Crippen LogP contribution < -0.4 is 4.90 Å². The molecule has 248 valence electrons. The van der Waals surface area contributed by atoms with Gasteiger partial charge in [0.1, 0.15) is 6.10 Å². The van der Waals surface area contributed by atoms with E-state index in [-0.39, 0.29) is 29.9 Å². The third-order valence-corrected chi connectivity index (χ3v) is 8.99. The highest BCUT2D eigenvalue weighted by Gasteiger charge is 2.41. The van der Waals surface area contributed by atoms with Crippen molar-refractivity contribution in [3.05, 3.63) is 132 Å². The molecule has 2 aliphatic heterocycles. The second kappa shape index (κ2) is 15.9. The van der Waals surface area contributed by atoms with Gasteiger partial charge in [-0.05, 0) is 41.5 Å². The van der Waals surface area contributed by atoms with E-state index in [0.29, 0.717) is 46.0 Å². The van der Waals surface area contributed by atoms with Crippen LogP contribution in [0.25, 0.3) is 0 Å². The standard InChI is InChI=1S/C38H42F3N3O3/c39-38(40,41)33-21-42-19-18-34(33)44-20-10-17-32(23-44)22-43-24-35(45-26-29-11-4-1-5-12-29)37(47-28-31-15-8-3-9-16-31)36(25-43)46-27-30-13-6-2-7-14-30/h1-9,11-16,18-19,21,32,35-37H,10,17,20,22-28H2/t32-,35-,36+,37?/m0/s1. The number of piperidine rings is 2. The molecule has 2 fully saturated rings. The molecule has 0 N–H and O–H groups in total. The van der Waals surface area contributed by atoms with Crippen LogP contribution in [0.1, 0.15) is 35.1 Å². The fraction of sp³-hybridized carbons (Fsp3) is 0.395. The van der Waals surface area contributed by atoms with E-state index in [1.165, 1.54) is 12.3 Å². The first-order valence-electron chi connectivity index (χ1n) is 16.4. The molecule has 0 bridgehead atoms. The minimum Gasteiger partial charge on any atom is -0.371 e. The Morgan fingerprint density at radius 1 is 0.681 bits per heavy atom. The van der Waals surface area contributed by atoms with Crippen molar-refractivity contribution in [3.8, 4) is 0 Å². The molecule has 4 atom stereocenters. The van der Waals surface area contributed by atoms with Crippen molar-refractivity contribution in [2.75, 3.05) is 37.6 Å². The SMILES string of the molecule is FC(F)(F)c1cnccc1N1CCC[C@@H](CN2C[C@H](OCc3ccccc3)C(OCc3ccccc3)[C@H](OCc3ccccc3)C2)C1. The van der Waals surface area contributed by atoms with Crippen LogP contribution in [0, 0.1) is 5.92 Å². The number of benzene rings is 3. The molecule has 3 heterocycles. The number of nitrogens with zero attached hydrogens (tertiary/aromatic N) is 3. The molecule has 6 nitrogen and oxygen atoms in total. The molecule has 0 amide bonds. The summed E-state index contributed by atoms with van der Waals surface area (Å²) in [5, 5.41) is 0. The van der Waals surface area contributed by atoms with Gasteiger partial charge >= 0.3 is 6.18 Å². The molecule has 6 rings (SSSR count). The number of rotatable bonds is 12. The number of hydrogen-bond donors (Lipinski definition) is 0. The van der Waals surface area contributed by atoms with Gasteiger partial charge in [0, 0.05) is 45.1 Å². The molecule has 47 heavy (non-hydrogen) atoms. The van der Waals surface area contributed by atoms with Crippen molar-refractivity contribution >= 4 is 5.69 Å². The molecular weight excluding hydrogens is 603 g/mol. The summed E-state index contributed by atoms with van der Waals surface area (Å²) < 4.78 is 61.4. The average Bonchev–Trinajstić information content (AvgIpc) is 3.10. The zero-order chi connectivity index (χ0) is 32.5. The maximum atomic E-state index is 13.8. The lowest BCUT2D eigenvalue weighted by atomic mass is 9.94. The maximum Gasteiger partial charge on any atom is 0.419 e. The van der Waals surface area contributed by atoms with E-state index in [9.17, 15) is 13.2 Å². The molecule has 1 unspecified atom stereocenters. The van der Waals surface area contributed by atoms with E-state index in [0.717, 1.165) is 42.3 Å². The van der Waals surface area contributed by atoms with E-state index in [1.54, 1.807) is 0 Å². The highest BCUT2D eigenvalue weighted by molar-refractivity contribution is 5.54. The van der Waals surface area contributed by atoms with Gasteiger partial charge in [0.05, 0.1) is 43.3 Å². The molecule has 0 spiro atoms. The molecule has 0 aliphatic carbocycles. The number of ether oxygens (including phenoxy) is 3. The Morgan fingerprint density at radius 2 is 1.21 bits per heavy atom. The molecular formula is C38H42F3N3O3. The zero-order valence-corrected chi connectivity index (χ0v) is 26.5. The molecule has 1 aromatic heterocycles. The van der Waals surface area contributed by atoms with Gasteiger partial charge in [0.2, 0.25) is 0 Å². The Morgan fingerprint density at radius 3 is 1.74 bits per heavy atom. The first-order chi connectivity index (χ1) is 22.9. The van der Waals surface area contributed by atoms with Gasteiger partial charge in [-0.25, -0.2) is 0 Å². The van der Waals surface area contributed by atoms with Crippen molar-refractivity contribution < 1.29 is 27.4 Å². The Balaban J connectivity index is 1.20. The molecule has 3 aromatic carbocycles. The summed E-state index contributed by atoms with van der Waals surface area (Å²) in [6.45, 7) is 4.45. The molecule has 0 radical (unpaired) electrons. The van der Waals surface area contributed by atoms with Crippen LogP contribution >= 0.6 is 0 Å². The highest BCUT2D eigenvalue weighted by Crippen LogP contribution is 2.37. The van der Waals surface area contributed by atoms with E-state index in [4.69, 9.17) is 14.2 Å². The Kier molecular flexibility index (Phi) is 11.2. The van der Waals surface area contributed by atoms with Crippen LogP contribution in [0.2, 0.25) is 0 Å². The number of anilines is 1. The van der Waals surface area contributed by atoms with Crippen LogP contribution in [0.4, 0.5) is 18.9 Å². The van der Waals surface area contributed by atoms with Gasteiger partial charge in [0.15, 0.2) is 0 Å². The zero-order valence-electron chi connectivity index (χ0n) is 26.5. The van der Waals surface area contributed by atoms with Crippen LogP contribution in [-0.2, 0) is 40.2 Å². The van der Waals surface area contributed by atoms with Crippen molar-refractivity contribution in [1.82, 2.24) is 9.88 Å². The number of halogens is 3. The minimum absolute atomic E-state index is 0.185. The van der Waals surface area contributed by atoms with E-state index < -0.39 is 11.7 Å². The summed E-state index contributed by atoms with van der Waals surface area (Å²) in [4.78, 5) is 8.00. The summed E-state index contributed by atoms with van der Waals surface area (Å²) in [5.74, 6) is 0.185. The number of hydrogen-bond acceptors (Lipinski definition) is 6. The Hall–Kier alpha value is -3.76. The molecule has 2 saturated heterocycles. The topological polar surface area (TPSA) is 47.1 Å². The van der Waals surface area contributed by atoms with Gasteiger partial charge in [-0.2, -0.15) is 13.2 Å². The third kappa shape index (κ3) is 9.20. The monoisotopic (exact) mass is 645 g/mol. The van der Waals surface area contributed by atoms with Gasteiger partial charge in [-0.3, -0.25) is 9.88 Å². The lowest BCUT2D eigenvalue weighted by molar-refractivity contribution is -0.185. The quantitative estimate of drug-likeness (QED) is 0.160. The predicted molar refractivity (Wildman–Crippen MR) is 176 cm³/mol.